The molecule has 0 amide bonds. The predicted molar refractivity (Wildman–Crippen MR) is 84.7 cm³/mol. The summed E-state index contributed by atoms with van der Waals surface area (Å²) in [5, 5.41) is 3.74. The van der Waals surface area contributed by atoms with Crippen molar-refractivity contribution in [2.75, 3.05) is 27.2 Å². The van der Waals surface area contributed by atoms with Crippen LogP contribution in [0.5, 0.6) is 0 Å². The molecular weight excluding hydrogens is 232 g/mol. The van der Waals surface area contributed by atoms with Crippen LogP contribution in [0.3, 0.4) is 0 Å². The fraction of sp³-hybridized carbons (Fsp3) is 0.647. The number of rotatable bonds is 8. The first-order valence-corrected chi connectivity index (χ1v) is 7.42. The third-order valence-corrected chi connectivity index (χ3v) is 3.42. The quantitative estimate of drug-likeness (QED) is 0.773. The first kappa shape index (κ1) is 16.2. The largest absolute Gasteiger partial charge is 0.312 e. The molecule has 0 bridgehead atoms. The lowest BCUT2D eigenvalue weighted by Gasteiger charge is -2.25. The Balaban J connectivity index is 2.46. The van der Waals surface area contributed by atoms with Crippen LogP contribution in [0, 0.1) is 5.92 Å². The van der Waals surface area contributed by atoms with Crippen LogP contribution in [-0.4, -0.2) is 38.1 Å². The van der Waals surface area contributed by atoms with Gasteiger partial charge in [0.2, 0.25) is 0 Å². The van der Waals surface area contributed by atoms with Crippen LogP contribution in [0.15, 0.2) is 30.3 Å². The molecule has 1 aromatic carbocycles. The van der Waals surface area contributed by atoms with E-state index in [0.717, 1.165) is 19.0 Å². The zero-order chi connectivity index (χ0) is 14.3. The Morgan fingerprint density at radius 2 is 1.68 bits per heavy atom. The Kier molecular flexibility index (Phi) is 7.11. The fourth-order valence-electron chi connectivity index (χ4n) is 2.48. The zero-order valence-corrected chi connectivity index (χ0v) is 13.2. The number of nitrogens with zero attached hydrogens (tertiary/aromatic N) is 1. The Labute approximate surface area is 119 Å². The molecule has 0 aliphatic carbocycles. The van der Waals surface area contributed by atoms with Crippen molar-refractivity contribution in [2.45, 2.75) is 39.2 Å². The minimum Gasteiger partial charge on any atom is -0.312 e. The molecule has 0 saturated carbocycles. The van der Waals surface area contributed by atoms with E-state index in [1.165, 1.54) is 12.0 Å². The normalized spacial score (nSPS) is 14.9. The molecule has 108 valence electrons. The van der Waals surface area contributed by atoms with Crippen LogP contribution in [0.2, 0.25) is 0 Å². The Hall–Kier alpha value is -0.860. The maximum absolute atomic E-state index is 3.74. The Morgan fingerprint density at radius 1 is 1.05 bits per heavy atom. The number of hydrogen-bond acceptors (Lipinski definition) is 2. The van der Waals surface area contributed by atoms with Gasteiger partial charge in [-0.15, -0.1) is 0 Å². The Morgan fingerprint density at radius 3 is 2.21 bits per heavy atom. The number of benzene rings is 1. The summed E-state index contributed by atoms with van der Waals surface area (Å²) in [6.07, 6.45) is 1.24. The first-order valence-electron chi connectivity index (χ1n) is 7.42. The van der Waals surface area contributed by atoms with E-state index in [2.05, 4.69) is 75.4 Å². The van der Waals surface area contributed by atoms with Crippen molar-refractivity contribution in [2.24, 2.45) is 5.92 Å². The van der Waals surface area contributed by atoms with Gasteiger partial charge in [-0.1, -0.05) is 51.1 Å². The predicted octanol–water partition coefficient (Wildman–Crippen LogP) is 3.36. The monoisotopic (exact) mass is 262 g/mol. The molecule has 0 saturated heterocycles. The van der Waals surface area contributed by atoms with E-state index in [-0.39, 0.29) is 0 Å². The van der Waals surface area contributed by atoms with Gasteiger partial charge in [0.05, 0.1) is 0 Å². The molecule has 1 aromatic rings. The van der Waals surface area contributed by atoms with E-state index in [9.17, 15) is 0 Å². The molecule has 1 rings (SSSR count). The smallest absolute Gasteiger partial charge is 0.0197 e. The van der Waals surface area contributed by atoms with Gasteiger partial charge in [-0.05, 0) is 37.9 Å². The lowest BCUT2D eigenvalue weighted by Crippen LogP contribution is -2.40. The molecule has 2 atom stereocenters. The molecule has 0 aliphatic rings. The highest BCUT2D eigenvalue weighted by molar-refractivity contribution is 5.18. The van der Waals surface area contributed by atoms with E-state index in [4.69, 9.17) is 0 Å². The van der Waals surface area contributed by atoms with Gasteiger partial charge < -0.3 is 10.2 Å². The molecule has 19 heavy (non-hydrogen) atoms. The number of nitrogens with one attached hydrogen (secondary N) is 1. The molecule has 0 spiro atoms. The van der Waals surface area contributed by atoms with Crippen LogP contribution >= 0.6 is 0 Å². The SMILES string of the molecule is CC(C)CC(CN(C)C)NCC(C)c1ccccc1. The molecule has 0 radical (unpaired) electrons. The molecule has 0 heterocycles. The highest BCUT2D eigenvalue weighted by Gasteiger charge is 2.13. The van der Waals surface area contributed by atoms with Gasteiger partial charge in [-0.3, -0.25) is 0 Å². The van der Waals surface area contributed by atoms with Crippen LogP contribution in [0.1, 0.15) is 38.7 Å². The first-order chi connectivity index (χ1) is 8.99. The average Bonchev–Trinajstić information content (AvgIpc) is 2.35. The van der Waals surface area contributed by atoms with Gasteiger partial charge >= 0.3 is 0 Å². The summed E-state index contributed by atoms with van der Waals surface area (Å²) in [4.78, 5) is 2.27. The fourth-order valence-corrected chi connectivity index (χ4v) is 2.48. The van der Waals surface area contributed by atoms with E-state index in [1.54, 1.807) is 0 Å². The second-order valence-corrected chi connectivity index (χ2v) is 6.31. The molecule has 0 aromatic heterocycles. The van der Waals surface area contributed by atoms with Crippen molar-refractivity contribution in [3.63, 3.8) is 0 Å². The second-order valence-electron chi connectivity index (χ2n) is 6.31. The van der Waals surface area contributed by atoms with Crippen LogP contribution in [0.25, 0.3) is 0 Å². The molecule has 0 aliphatic heterocycles. The highest BCUT2D eigenvalue weighted by Crippen LogP contribution is 2.14. The number of hydrogen-bond donors (Lipinski definition) is 1. The van der Waals surface area contributed by atoms with Gasteiger partial charge in [0.25, 0.3) is 0 Å². The summed E-state index contributed by atoms with van der Waals surface area (Å²) in [7, 11) is 4.30. The minimum atomic E-state index is 0.568. The number of likely N-dealkylation sites (N-methyl/N-ethyl adjacent to an activating group) is 1. The maximum Gasteiger partial charge on any atom is 0.0197 e. The van der Waals surface area contributed by atoms with Gasteiger partial charge in [-0.2, -0.15) is 0 Å². The van der Waals surface area contributed by atoms with Gasteiger partial charge in [0, 0.05) is 19.1 Å². The molecular formula is C17H30N2. The van der Waals surface area contributed by atoms with Crippen molar-refractivity contribution in [1.82, 2.24) is 10.2 Å². The van der Waals surface area contributed by atoms with Crippen molar-refractivity contribution >= 4 is 0 Å². The standard InChI is InChI=1S/C17H30N2/c1-14(2)11-17(13-19(4)5)18-12-15(3)16-9-7-6-8-10-16/h6-10,14-15,17-18H,11-13H2,1-5H3. The summed E-state index contributed by atoms with van der Waals surface area (Å²) in [6, 6.07) is 11.3. The van der Waals surface area contributed by atoms with Crippen molar-refractivity contribution in [3.05, 3.63) is 35.9 Å². The topological polar surface area (TPSA) is 15.3 Å². The second kappa shape index (κ2) is 8.34. The van der Waals surface area contributed by atoms with Crippen molar-refractivity contribution in [3.8, 4) is 0 Å². The Bertz CT molecular complexity index is 322. The van der Waals surface area contributed by atoms with Gasteiger partial charge in [0.15, 0.2) is 0 Å². The van der Waals surface area contributed by atoms with Crippen molar-refractivity contribution in [1.29, 1.82) is 0 Å². The lowest BCUT2D eigenvalue weighted by atomic mass is 9.99. The third kappa shape index (κ3) is 6.74. The van der Waals surface area contributed by atoms with E-state index >= 15 is 0 Å². The van der Waals surface area contributed by atoms with E-state index in [0.29, 0.717) is 12.0 Å². The van der Waals surface area contributed by atoms with Crippen molar-refractivity contribution < 1.29 is 0 Å². The maximum atomic E-state index is 3.74. The molecule has 0 fully saturated rings. The zero-order valence-electron chi connectivity index (χ0n) is 13.2. The third-order valence-electron chi connectivity index (χ3n) is 3.42. The summed E-state index contributed by atoms with van der Waals surface area (Å²) >= 11 is 0. The molecule has 2 nitrogen and oxygen atoms in total. The van der Waals surface area contributed by atoms with Crippen LogP contribution in [0.4, 0.5) is 0 Å². The summed E-state index contributed by atoms with van der Waals surface area (Å²) < 4.78 is 0. The van der Waals surface area contributed by atoms with Crippen LogP contribution < -0.4 is 5.32 Å². The van der Waals surface area contributed by atoms with E-state index < -0.39 is 0 Å². The summed E-state index contributed by atoms with van der Waals surface area (Å²) in [6.45, 7) is 9.05. The van der Waals surface area contributed by atoms with E-state index in [1.807, 2.05) is 0 Å². The van der Waals surface area contributed by atoms with Gasteiger partial charge in [-0.25, -0.2) is 0 Å². The summed E-state index contributed by atoms with van der Waals surface area (Å²) in [5.41, 5.74) is 1.42. The summed E-state index contributed by atoms with van der Waals surface area (Å²) in [5.74, 6) is 1.31. The lowest BCUT2D eigenvalue weighted by molar-refractivity contribution is 0.303. The molecule has 2 unspecified atom stereocenters. The van der Waals surface area contributed by atoms with Crippen LogP contribution in [-0.2, 0) is 0 Å². The highest BCUT2D eigenvalue weighted by atomic mass is 15.1. The van der Waals surface area contributed by atoms with Gasteiger partial charge in [0.1, 0.15) is 0 Å². The minimum absolute atomic E-state index is 0.568. The molecule has 1 N–H and O–H groups in total. The molecule has 2 heteroatoms. The average molecular weight is 262 g/mol.